The molecule has 110 valence electrons. The summed E-state index contributed by atoms with van der Waals surface area (Å²) in [4.78, 5) is 25.2. The number of hydrogen-bond donors (Lipinski definition) is 2. The highest BCUT2D eigenvalue weighted by atomic mass is 16.4. The van der Waals surface area contributed by atoms with Crippen LogP contribution in [0.3, 0.4) is 0 Å². The third-order valence-electron chi connectivity index (χ3n) is 3.86. The maximum atomic E-state index is 11.9. The van der Waals surface area contributed by atoms with Crippen molar-refractivity contribution in [1.82, 2.24) is 10.2 Å². The number of aliphatic carboxylic acids is 1. The maximum absolute atomic E-state index is 11.9. The Morgan fingerprint density at radius 2 is 1.79 bits per heavy atom. The lowest BCUT2D eigenvalue weighted by molar-refractivity contribution is -0.143. The van der Waals surface area contributed by atoms with Gasteiger partial charge in [0.05, 0.1) is 6.54 Å². The zero-order valence-corrected chi connectivity index (χ0v) is 12.0. The fourth-order valence-corrected chi connectivity index (χ4v) is 2.40. The molecule has 0 spiro atoms. The Hall–Kier alpha value is -1.10. The van der Waals surface area contributed by atoms with Crippen LogP contribution in [0.15, 0.2) is 0 Å². The first-order valence-electron chi connectivity index (χ1n) is 7.29. The molecule has 0 aliphatic carbocycles. The molecule has 5 heteroatoms. The highest BCUT2D eigenvalue weighted by molar-refractivity contribution is 5.84. The van der Waals surface area contributed by atoms with Crippen LogP contribution >= 0.6 is 0 Å². The molecule has 2 atom stereocenters. The summed E-state index contributed by atoms with van der Waals surface area (Å²) in [5.41, 5.74) is 0. The molecule has 1 aliphatic rings. The fraction of sp³-hybridized carbons (Fsp3) is 0.857. The summed E-state index contributed by atoms with van der Waals surface area (Å²) in [5.74, 6) is -1.17. The fourth-order valence-electron chi connectivity index (χ4n) is 2.40. The molecule has 0 saturated carbocycles. The minimum atomic E-state index is -0.946. The topological polar surface area (TPSA) is 69.6 Å². The lowest BCUT2D eigenvalue weighted by Gasteiger charge is -2.23. The Bertz CT molecular complexity index is 299. The average molecular weight is 270 g/mol. The normalized spacial score (nSPS) is 20.3. The first-order chi connectivity index (χ1) is 9.04. The van der Waals surface area contributed by atoms with Crippen LogP contribution in [0.25, 0.3) is 0 Å². The smallest absolute Gasteiger partial charge is 0.326 e. The Balaban J connectivity index is 2.45. The van der Waals surface area contributed by atoms with Gasteiger partial charge in [0.25, 0.3) is 0 Å². The van der Waals surface area contributed by atoms with Crippen LogP contribution in [-0.2, 0) is 9.59 Å². The molecular formula is C14H26N2O3. The molecule has 2 unspecified atom stereocenters. The minimum Gasteiger partial charge on any atom is -0.480 e. The number of nitrogens with one attached hydrogen (secondary N) is 1. The minimum absolute atomic E-state index is 0.0504. The molecule has 0 aromatic rings. The van der Waals surface area contributed by atoms with E-state index < -0.39 is 12.0 Å². The van der Waals surface area contributed by atoms with Gasteiger partial charge in [0.1, 0.15) is 6.04 Å². The van der Waals surface area contributed by atoms with Gasteiger partial charge >= 0.3 is 5.97 Å². The third kappa shape index (κ3) is 5.59. The molecule has 1 amide bonds. The van der Waals surface area contributed by atoms with Gasteiger partial charge < -0.3 is 10.4 Å². The molecule has 19 heavy (non-hydrogen) atoms. The number of nitrogens with zero attached hydrogens (tertiary/aromatic N) is 1. The summed E-state index contributed by atoms with van der Waals surface area (Å²) in [5, 5.41) is 11.8. The Kier molecular flexibility index (Phi) is 6.84. The van der Waals surface area contributed by atoms with Gasteiger partial charge in [-0.15, -0.1) is 0 Å². The highest BCUT2D eigenvalue weighted by Crippen LogP contribution is 2.10. The third-order valence-corrected chi connectivity index (χ3v) is 3.86. The van der Waals surface area contributed by atoms with E-state index in [9.17, 15) is 9.59 Å². The molecule has 0 aromatic carbocycles. The second-order valence-electron chi connectivity index (χ2n) is 5.46. The maximum Gasteiger partial charge on any atom is 0.326 e. The van der Waals surface area contributed by atoms with Crippen LogP contribution in [0.5, 0.6) is 0 Å². The van der Waals surface area contributed by atoms with Crippen LogP contribution in [0.1, 0.15) is 46.0 Å². The summed E-state index contributed by atoms with van der Waals surface area (Å²) < 4.78 is 0. The largest absolute Gasteiger partial charge is 0.480 e. The van der Waals surface area contributed by atoms with Gasteiger partial charge in [0, 0.05) is 0 Å². The molecule has 5 nitrogen and oxygen atoms in total. The first-order valence-corrected chi connectivity index (χ1v) is 7.29. The number of hydrogen-bond acceptors (Lipinski definition) is 3. The predicted octanol–water partition coefficient (Wildman–Crippen LogP) is 1.48. The molecule has 0 aromatic heterocycles. The number of amides is 1. The van der Waals surface area contributed by atoms with E-state index in [1.54, 1.807) is 0 Å². The monoisotopic (exact) mass is 270 g/mol. The highest BCUT2D eigenvalue weighted by Gasteiger charge is 2.25. The standard InChI is InChI=1S/C14H26N2O3/c1-3-11(2)13(14(18)19)15-12(17)10-16-8-6-4-5-7-9-16/h11,13H,3-10H2,1-2H3,(H,15,17)(H,18,19). The van der Waals surface area contributed by atoms with E-state index in [4.69, 9.17) is 5.11 Å². The lowest BCUT2D eigenvalue weighted by atomic mass is 9.99. The number of likely N-dealkylation sites (tertiary alicyclic amines) is 1. The van der Waals surface area contributed by atoms with Crippen molar-refractivity contribution >= 4 is 11.9 Å². The average Bonchev–Trinajstić information content (AvgIpc) is 2.63. The number of carboxylic acid groups (broad SMARTS) is 1. The summed E-state index contributed by atoms with van der Waals surface area (Å²) in [7, 11) is 0. The molecular weight excluding hydrogens is 244 g/mol. The van der Waals surface area contributed by atoms with E-state index in [1.807, 2.05) is 13.8 Å². The molecule has 1 heterocycles. The van der Waals surface area contributed by atoms with E-state index in [2.05, 4.69) is 10.2 Å². The second-order valence-corrected chi connectivity index (χ2v) is 5.46. The van der Waals surface area contributed by atoms with E-state index in [1.165, 1.54) is 12.8 Å². The Morgan fingerprint density at radius 3 is 2.26 bits per heavy atom. The van der Waals surface area contributed by atoms with Crippen molar-refractivity contribution in [3.63, 3.8) is 0 Å². The van der Waals surface area contributed by atoms with E-state index in [0.717, 1.165) is 32.4 Å². The zero-order chi connectivity index (χ0) is 14.3. The van der Waals surface area contributed by atoms with Crippen LogP contribution in [0, 0.1) is 5.92 Å². The van der Waals surface area contributed by atoms with Crippen molar-refractivity contribution in [3.05, 3.63) is 0 Å². The summed E-state index contributed by atoms with van der Waals surface area (Å²) >= 11 is 0. The second kappa shape index (κ2) is 8.15. The summed E-state index contributed by atoms with van der Waals surface area (Å²) in [6.07, 6.45) is 5.44. The van der Waals surface area contributed by atoms with Gasteiger partial charge in [-0.3, -0.25) is 9.69 Å². The van der Waals surface area contributed by atoms with Gasteiger partial charge in [0.15, 0.2) is 0 Å². The molecule has 1 rings (SSSR count). The van der Waals surface area contributed by atoms with Crippen LogP contribution in [0.4, 0.5) is 0 Å². The van der Waals surface area contributed by atoms with Gasteiger partial charge in [-0.05, 0) is 31.8 Å². The van der Waals surface area contributed by atoms with Gasteiger partial charge in [0.2, 0.25) is 5.91 Å². The first kappa shape index (κ1) is 16.0. The molecule has 0 radical (unpaired) electrons. The van der Waals surface area contributed by atoms with Crippen LogP contribution in [0.2, 0.25) is 0 Å². The number of carboxylic acids is 1. The van der Waals surface area contributed by atoms with Crippen molar-refractivity contribution in [1.29, 1.82) is 0 Å². The van der Waals surface area contributed by atoms with E-state index >= 15 is 0 Å². The molecule has 1 fully saturated rings. The van der Waals surface area contributed by atoms with Gasteiger partial charge in [-0.1, -0.05) is 33.1 Å². The van der Waals surface area contributed by atoms with E-state index in [-0.39, 0.29) is 11.8 Å². The van der Waals surface area contributed by atoms with E-state index in [0.29, 0.717) is 6.54 Å². The number of rotatable bonds is 6. The molecule has 1 saturated heterocycles. The summed E-state index contributed by atoms with van der Waals surface area (Å²) in [6, 6.07) is -0.774. The summed E-state index contributed by atoms with van der Waals surface area (Å²) in [6.45, 7) is 5.98. The van der Waals surface area contributed by atoms with Crippen molar-refractivity contribution in [2.45, 2.75) is 52.0 Å². The van der Waals surface area contributed by atoms with Gasteiger partial charge in [-0.2, -0.15) is 0 Å². The molecule has 0 bridgehead atoms. The molecule has 2 N–H and O–H groups in total. The van der Waals surface area contributed by atoms with Crippen LogP contribution in [-0.4, -0.2) is 47.6 Å². The predicted molar refractivity (Wildman–Crippen MR) is 73.9 cm³/mol. The number of carbonyl (C=O) groups excluding carboxylic acids is 1. The zero-order valence-electron chi connectivity index (χ0n) is 12.0. The Labute approximate surface area is 115 Å². The van der Waals surface area contributed by atoms with Gasteiger partial charge in [-0.25, -0.2) is 4.79 Å². The SMILES string of the molecule is CCC(C)C(NC(=O)CN1CCCCCC1)C(=O)O. The van der Waals surface area contributed by atoms with Crippen molar-refractivity contribution < 1.29 is 14.7 Å². The number of carbonyl (C=O) groups is 2. The lowest BCUT2D eigenvalue weighted by Crippen LogP contribution is -2.48. The van der Waals surface area contributed by atoms with Crippen molar-refractivity contribution in [2.75, 3.05) is 19.6 Å². The van der Waals surface area contributed by atoms with Crippen molar-refractivity contribution in [2.24, 2.45) is 5.92 Å². The quantitative estimate of drug-likeness (QED) is 0.767. The van der Waals surface area contributed by atoms with Crippen LogP contribution < -0.4 is 5.32 Å². The Morgan fingerprint density at radius 1 is 1.21 bits per heavy atom. The molecule has 1 aliphatic heterocycles. The van der Waals surface area contributed by atoms with Crippen molar-refractivity contribution in [3.8, 4) is 0 Å².